The van der Waals surface area contributed by atoms with Crippen molar-refractivity contribution in [1.29, 1.82) is 0 Å². The number of carbonyl (C=O) groups is 1. The minimum absolute atomic E-state index is 0.0406. The summed E-state index contributed by atoms with van der Waals surface area (Å²) in [7, 11) is 3.33. The van der Waals surface area contributed by atoms with E-state index in [-0.39, 0.29) is 17.9 Å². The van der Waals surface area contributed by atoms with Gasteiger partial charge >= 0.3 is 0 Å². The SMILES string of the molecule is COc1cc(CN2CC(C(=O)NCc3ccccc3)CCC2c2ccccc2)cc(OC)c1. The highest BCUT2D eigenvalue weighted by molar-refractivity contribution is 5.79. The predicted octanol–water partition coefficient (Wildman–Crippen LogP) is 4.97. The van der Waals surface area contributed by atoms with Crippen LogP contribution in [-0.2, 0) is 17.9 Å². The number of hydrogen-bond donors (Lipinski definition) is 1. The summed E-state index contributed by atoms with van der Waals surface area (Å²) in [6.07, 6.45) is 1.81. The van der Waals surface area contributed by atoms with Crippen LogP contribution in [0, 0.1) is 5.92 Å². The zero-order valence-corrected chi connectivity index (χ0v) is 19.4. The first-order valence-corrected chi connectivity index (χ1v) is 11.5. The number of nitrogens with one attached hydrogen (secondary N) is 1. The van der Waals surface area contributed by atoms with Crippen molar-refractivity contribution in [3.05, 3.63) is 95.6 Å². The molecule has 0 aliphatic carbocycles. The number of methoxy groups -OCH3 is 2. The van der Waals surface area contributed by atoms with Gasteiger partial charge in [0.1, 0.15) is 11.5 Å². The van der Waals surface area contributed by atoms with E-state index in [1.165, 1.54) is 5.56 Å². The molecule has 3 aromatic rings. The molecule has 1 aliphatic heterocycles. The molecular weight excluding hydrogens is 412 g/mol. The summed E-state index contributed by atoms with van der Waals surface area (Å²) < 4.78 is 10.9. The maximum absolute atomic E-state index is 13.0. The lowest BCUT2D eigenvalue weighted by Crippen LogP contribution is -2.44. The van der Waals surface area contributed by atoms with Crippen LogP contribution >= 0.6 is 0 Å². The third-order valence-corrected chi connectivity index (χ3v) is 6.35. The molecule has 1 saturated heterocycles. The summed E-state index contributed by atoms with van der Waals surface area (Å²) in [5, 5.41) is 3.14. The Morgan fingerprint density at radius 3 is 2.15 bits per heavy atom. The first kappa shape index (κ1) is 22.9. The molecule has 2 unspecified atom stereocenters. The smallest absolute Gasteiger partial charge is 0.224 e. The Kier molecular flexibility index (Phi) is 7.63. The van der Waals surface area contributed by atoms with E-state index in [1.54, 1.807) is 14.2 Å². The second-order valence-corrected chi connectivity index (χ2v) is 8.55. The lowest BCUT2D eigenvalue weighted by molar-refractivity contribution is -0.127. The highest BCUT2D eigenvalue weighted by Gasteiger charge is 2.33. The summed E-state index contributed by atoms with van der Waals surface area (Å²) in [5.41, 5.74) is 3.51. The van der Waals surface area contributed by atoms with Crippen LogP contribution in [-0.4, -0.2) is 31.6 Å². The highest BCUT2D eigenvalue weighted by atomic mass is 16.5. The van der Waals surface area contributed by atoms with Gasteiger partial charge in [0.05, 0.1) is 20.1 Å². The fourth-order valence-electron chi connectivity index (χ4n) is 4.61. The molecule has 5 heteroatoms. The average molecular weight is 445 g/mol. The van der Waals surface area contributed by atoms with Crippen molar-refractivity contribution in [3.63, 3.8) is 0 Å². The van der Waals surface area contributed by atoms with Gasteiger partial charge in [-0.25, -0.2) is 0 Å². The predicted molar refractivity (Wildman–Crippen MR) is 130 cm³/mol. The second kappa shape index (κ2) is 11.0. The van der Waals surface area contributed by atoms with E-state index >= 15 is 0 Å². The molecule has 1 fully saturated rings. The Hall–Kier alpha value is -3.31. The second-order valence-electron chi connectivity index (χ2n) is 8.55. The average Bonchev–Trinajstić information content (AvgIpc) is 2.88. The lowest BCUT2D eigenvalue weighted by atomic mass is 9.88. The molecule has 0 radical (unpaired) electrons. The van der Waals surface area contributed by atoms with Gasteiger partial charge in [0.2, 0.25) is 5.91 Å². The van der Waals surface area contributed by atoms with Gasteiger partial charge in [0, 0.05) is 31.7 Å². The van der Waals surface area contributed by atoms with Crippen molar-refractivity contribution < 1.29 is 14.3 Å². The molecule has 172 valence electrons. The zero-order valence-electron chi connectivity index (χ0n) is 19.4. The van der Waals surface area contributed by atoms with Crippen molar-refractivity contribution in [2.45, 2.75) is 32.0 Å². The third-order valence-electron chi connectivity index (χ3n) is 6.35. The van der Waals surface area contributed by atoms with Gasteiger partial charge in [-0.1, -0.05) is 60.7 Å². The zero-order chi connectivity index (χ0) is 23.0. The molecule has 33 heavy (non-hydrogen) atoms. The molecule has 0 saturated carbocycles. The molecule has 1 aliphatic rings. The molecule has 1 N–H and O–H groups in total. The number of benzene rings is 3. The Bertz CT molecular complexity index is 1020. The first-order valence-electron chi connectivity index (χ1n) is 11.5. The Morgan fingerprint density at radius 2 is 1.52 bits per heavy atom. The lowest BCUT2D eigenvalue weighted by Gasteiger charge is -2.39. The van der Waals surface area contributed by atoms with E-state index in [0.717, 1.165) is 42.0 Å². The molecule has 0 spiro atoms. The van der Waals surface area contributed by atoms with Crippen molar-refractivity contribution in [2.75, 3.05) is 20.8 Å². The molecular formula is C28H32N2O3. The first-order chi connectivity index (χ1) is 16.2. The van der Waals surface area contributed by atoms with E-state index in [2.05, 4.69) is 34.5 Å². The van der Waals surface area contributed by atoms with Crippen LogP contribution in [0.4, 0.5) is 0 Å². The van der Waals surface area contributed by atoms with Crippen molar-refractivity contribution in [3.8, 4) is 11.5 Å². The summed E-state index contributed by atoms with van der Waals surface area (Å²) in [4.78, 5) is 15.5. The fraction of sp³-hybridized carbons (Fsp3) is 0.321. The van der Waals surface area contributed by atoms with Crippen LogP contribution in [0.25, 0.3) is 0 Å². The monoisotopic (exact) mass is 444 g/mol. The molecule has 3 aromatic carbocycles. The number of ether oxygens (including phenoxy) is 2. The minimum atomic E-state index is -0.0406. The van der Waals surface area contributed by atoms with Gasteiger partial charge in [-0.05, 0) is 41.7 Å². The number of likely N-dealkylation sites (tertiary alicyclic amines) is 1. The largest absolute Gasteiger partial charge is 0.497 e. The standard InChI is InChI=1S/C28H32N2O3/c1-32-25-15-22(16-26(17-25)33-2)19-30-20-24(13-14-27(30)23-11-7-4-8-12-23)28(31)29-18-21-9-5-3-6-10-21/h3-12,15-17,24,27H,13-14,18-20H2,1-2H3,(H,29,31). The molecule has 1 amide bonds. The van der Waals surface area contributed by atoms with E-state index < -0.39 is 0 Å². The number of carbonyl (C=O) groups excluding carboxylic acids is 1. The summed E-state index contributed by atoms with van der Waals surface area (Å²) in [6.45, 7) is 1.99. The Balaban J connectivity index is 1.51. The van der Waals surface area contributed by atoms with E-state index in [4.69, 9.17) is 9.47 Å². The topological polar surface area (TPSA) is 50.8 Å². The Morgan fingerprint density at radius 1 is 0.879 bits per heavy atom. The van der Waals surface area contributed by atoms with Crippen LogP contribution in [0.5, 0.6) is 11.5 Å². The van der Waals surface area contributed by atoms with Crippen molar-refractivity contribution in [2.24, 2.45) is 5.92 Å². The number of amides is 1. The number of hydrogen-bond acceptors (Lipinski definition) is 4. The fourth-order valence-corrected chi connectivity index (χ4v) is 4.61. The normalized spacial score (nSPS) is 18.5. The van der Waals surface area contributed by atoms with Gasteiger partial charge in [-0.15, -0.1) is 0 Å². The van der Waals surface area contributed by atoms with Crippen molar-refractivity contribution in [1.82, 2.24) is 10.2 Å². The van der Waals surface area contributed by atoms with Crippen LogP contribution in [0.2, 0.25) is 0 Å². The quantitative estimate of drug-likeness (QED) is 0.533. The van der Waals surface area contributed by atoms with E-state index in [1.807, 2.05) is 54.6 Å². The van der Waals surface area contributed by atoms with Crippen LogP contribution in [0.3, 0.4) is 0 Å². The number of nitrogens with zero attached hydrogens (tertiary/aromatic N) is 1. The van der Waals surface area contributed by atoms with Gasteiger partial charge in [-0.2, -0.15) is 0 Å². The maximum atomic E-state index is 13.0. The summed E-state index contributed by atoms with van der Waals surface area (Å²) >= 11 is 0. The van der Waals surface area contributed by atoms with Gasteiger partial charge < -0.3 is 14.8 Å². The van der Waals surface area contributed by atoms with Gasteiger partial charge in [0.15, 0.2) is 0 Å². The maximum Gasteiger partial charge on any atom is 0.224 e. The summed E-state index contributed by atoms with van der Waals surface area (Å²) in [6, 6.07) is 26.9. The minimum Gasteiger partial charge on any atom is -0.497 e. The molecule has 4 rings (SSSR count). The highest BCUT2D eigenvalue weighted by Crippen LogP contribution is 2.35. The Labute approximate surface area is 196 Å². The summed E-state index contributed by atoms with van der Waals surface area (Å²) in [5.74, 6) is 1.63. The molecule has 5 nitrogen and oxygen atoms in total. The van der Waals surface area contributed by atoms with Gasteiger partial charge in [0.25, 0.3) is 0 Å². The van der Waals surface area contributed by atoms with E-state index in [9.17, 15) is 4.79 Å². The van der Waals surface area contributed by atoms with Crippen LogP contribution < -0.4 is 14.8 Å². The van der Waals surface area contributed by atoms with Crippen LogP contribution in [0.1, 0.15) is 35.6 Å². The number of piperidine rings is 1. The number of rotatable bonds is 8. The third kappa shape index (κ3) is 5.93. The molecule has 2 atom stereocenters. The van der Waals surface area contributed by atoms with Gasteiger partial charge in [-0.3, -0.25) is 9.69 Å². The molecule has 1 heterocycles. The molecule has 0 bridgehead atoms. The van der Waals surface area contributed by atoms with E-state index in [0.29, 0.717) is 13.1 Å². The van der Waals surface area contributed by atoms with Crippen molar-refractivity contribution >= 4 is 5.91 Å². The molecule has 0 aromatic heterocycles. The van der Waals surface area contributed by atoms with Crippen LogP contribution in [0.15, 0.2) is 78.9 Å².